The lowest BCUT2D eigenvalue weighted by molar-refractivity contribution is -0.384. The maximum absolute atomic E-state index is 12.4. The van der Waals surface area contributed by atoms with Crippen LogP contribution >= 0.6 is 0 Å². The van der Waals surface area contributed by atoms with E-state index in [1.54, 1.807) is 12.1 Å². The fourth-order valence-corrected chi connectivity index (χ4v) is 2.77. The molecule has 2 aromatic rings. The fraction of sp³-hybridized carbons (Fsp3) is 0.263. The number of carbonyl (C=O) groups excluding carboxylic acids is 2. The van der Waals surface area contributed by atoms with Gasteiger partial charge in [-0.2, -0.15) is 0 Å². The number of hydrogen-bond acceptors (Lipinski definition) is 5. The lowest BCUT2D eigenvalue weighted by atomic mass is 10.0. The molecule has 0 saturated heterocycles. The molecule has 0 spiro atoms. The van der Waals surface area contributed by atoms with Crippen molar-refractivity contribution in [2.75, 3.05) is 23.4 Å². The first kappa shape index (κ1) is 18.4. The second-order valence-corrected chi connectivity index (χ2v) is 6.50. The van der Waals surface area contributed by atoms with Gasteiger partial charge in [-0.15, -0.1) is 0 Å². The molecule has 0 aromatic heterocycles. The highest BCUT2D eigenvalue weighted by Gasteiger charge is 2.29. The van der Waals surface area contributed by atoms with Crippen molar-refractivity contribution >= 4 is 28.9 Å². The largest absolute Gasteiger partial charge is 0.482 e. The van der Waals surface area contributed by atoms with Crippen LogP contribution in [0, 0.1) is 10.1 Å². The second kappa shape index (κ2) is 7.45. The first-order valence-corrected chi connectivity index (χ1v) is 8.46. The minimum atomic E-state index is -0.562. The Labute approximate surface area is 155 Å². The van der Waals surface area contributed by atoms with Crippen molar-refractivity contribution in [3.63, 3.8) is 0 Å². The molecular formula is C19H19N3O5. The van der Waals surface area contributed by atoms with Crippen LogP contribution < -0.4 is 15.0 Å². The third-order valence-electron chi connectivity index (χ3n) is 4.26. The fourth-order valence-electron chi connectivity index (χ4n) is 2.77. The summed E-state index contributed by atoms with van der Waals surface area (Å²) in [7, 11) is 0. The lowest BCUT2D eigenvalue weighted by Gasteiger charge is -2.28. The molecule has 0 atom stereocenters. The number of nitro benzene ring substituents is 1. The van der Waals surface area contributed by atoms with Crippen molar-refractivity contribution in [3.05, 3.63) is 58.1 Å². The molecule has 27 heavy (non-hydrogen) atoms. The zero-order valence-electron chi connectivity index (χ0n) is 15.0. The van der Waals surface area contributed by atoms with Gasteiger partial charge in [-0.25, -0.2) is 0 Å². The number of amides is 2. The van der Waals surface area contributed by atoms with Crippen LogP contribution in [-0.2, 0) is 9.59 Å². The predicted octanol–water partition coefficient (Wildman–Crippen LogP) is 3.08. The summed E-state index contributed by atoms with van der Waals surface area (Å²) < 4.78 is 5.29. The molecule has 0 radical (unpaired) electrons. The van der Waals surface area contributed by atoms with Crippen molar-refractivity contribution in [2.45, 2.75) is 19.8 Å². The van der Waals surface area contributed by atoms with Gasteiger partial charge in [-0.1, -0.05) is 26.0 Å². The summed E-state index contributed by atoms with van der Waals surface area (Å²) in [6.07, 6.45) is 0. The van der Waals surface area contributed by atoms with Crippen molar-refractivity contribution in [2.24, 2.45) is 0 Å². The standard InChI is InChI=1S/C19H19N3O5/c1-12(2)13-3-5-14(6-4-13)20-18(23)10-21-16-9-15(22(25)26)7-8-17(16)27-11-19(21)24/h3-9,12H,10-11H2,1-2H3,(H,20,23). The van der Waals surface area contributed by atoms with Gasteiger partial charge in [-0.3, -0.25) is 24.6 Å². The topological polar surface area (TPSA) is 102 Å². The molecule has 0 fully saturated rings. The molecule has 0 saturated carbocycles. The molecule has 1 N–H and O–H groups in total. The van der Waals surface area contributed by atoms with Crippen molar-refractivity contribution in [3.8, 4) is 5.75 Å². The number of nitrogens with zero attached hydrogens (tertiary/aromatic N) is 2. The maximum atomic E-state index is 12.4. The van der Waals surface area contributed by atoms with Gasteiger partial charge >= 0.3 is 0 Å². The van der Waals surface area contributed by atoms with Gasteiger partial charge in [-0.05, 0) is 29.7 Å². The quantitative estimate of drug-likeness (QED) is 0.645. The number of nitro groups is 1. The molecule has 0 unspecified atom stereocenters. The number of ether oxygens (including phenoxy) is 1. The van der Waals surface area contributed by atoms with Gasteiger partial charge in [0, 0.05) is 17.8 Å². The van der Waals surface area contributed by atoms with Gasteiger partial charge < -0.3 is 10.1 Å². The summed E-state index contributed by atoms with van der Waals surface area (Å²) in [5.74, 6) is -0.129. The highest BCUT2D eigenvalue weighted by molar-refractivity contribution is 6.05. The number of carbonyl (C=O) groups is 2. The van der Waals surface area contributed by atoms with Crippen LogP contribution in [0.25, 0.3) is 0 Å². The summed E-state index contributed by atoms with van der Waals surface area (Å²) in [6.45, 7) is 3.67. The number of anilines is 2. The molecule has 8 nitrogen and oxygen atoms in total. The Morgan fingerprint density at radius 2 is 1.96 bits per heavy atom. The number of rotatable bonds is 5. The van der Waals surface area contributed by atoms with E-state index >= 15 is 0 Å². The summed E-state index contributed by atoms with van der Waals surface area (Å²) in [6, 6.07) is 11.4. The summed E-state index contributed by atoms with van der Waals surface area (Å²) in [5, 5.41) is 13.7. The zero-order valence-corrected chi connectivity index (χ0v) is 15.0. The summed E-state index contributed by atoms with van der Waals surface area (Å²) in [5.41, 5.74) is 1.80. The van der Waals surface area contributed by atoms with Gasteiger partial charge in [0.15, 0.2) is 6.61 Å². The average Bonchev–Trinajstić information content (AvgIpc) is 2.64. The minimum Gasteiger partial charge on any atom is -0.482 e. The van der Waals surface area contributed by atoms with Crippen LogP contribution in [0.3, 0.4) is 0 Å². The van der Waals surface area contributed by atoms with E-state index in [9.17, 15) is 19.7 Å². The van der Waals surface area contributed by atoms with Crippen molar-refractivity contribution < 1.29 is 19.2 Å². The van der Waals surface area contributed by atoms with Crippen molar-refractivity contribution in [1.29, 1.82) is 0 Å². The van der Waals surface area contributed by atoms with E-state index in [2.05, 4.69) is 19.2 Å². The molecular weight excluding hydrogens is 350 g/mol. The number of hydrogen-bond donors (Lipinski definition) is 1. The van der Waals surface area contributed by atoms with E-state index in [1.165, 1.54) is 23.1 Å². The van der Waals surface area contributed by atoms with Gasteiger partial charge in [0.25, 0.3) is 11.6 Å². The monoisotopic (exact) mass is 369 g/mol. The molecule has 2 aromatic carbocycles. The average molecular weight is 369 g/mol. The van der Waals surface area contributed by atoms with Crippen LogP contribution in [-0.4, -0.2) is 29.9 Å². The number of nitrogens with one attached hydrogen (secondary N) is 1. The van der Waals surface area contributed by atoms with Crippen LogP contribution in [0.1, 0.15) is 25.3 Å². The van der Waals surface area contributed by atoms with Crippen LogP contribution in [0.4, 0.5) is 17.1 Å². The van der Waals surface area contributed by atoms with E-state index in [0.29, 0.717) is 17.4 Å². The molecule has 1 aliphatic rings. The third kappa shape index (κ3) is 4.05. The Morgan fingerprint density at radius 1 is 1.26 bits per heavy atom. The highest BCUT2D eigenvalue weighted by atomic mass is 16.6. The Kier molecular flexibility index (Phi) is 5.07. The SMILES string of the molecule is CC(C)c1ccc(NC(=O)CN2C(=O)COc3ccc([N+](=O)[O-])cc32)cc1. The summed E-state index contributed by atoms with van der Waals surface area (Å²) in [4.78, 5) is 36.2. The molecule has 0 aliphatic carbocycles. The maximum Gasteiger partial charge on any atom is 0.271 e. The number of fused-ring (bicyclic) bond motifs is 1. The smallest absolute Gasteiger partial charge is 0.271 e. The molecule has 3 rings (SSSR count). The molecule has 2 amide bonds. The highest BCUT2D eigenvalue weighted by Crippen LogP contribution is 2.35. The molecule has 0 bridgehead atoms. The van der Waals surface area contributed by atoms with E-state index in [4.69, 9.17) is 4.74 Å². The van der Waals surface area contributed by atoms with Crippen LogP contribution in [0.2, 0.25) is 0 Å². The summed E-state index contributed by atoms with van der Waals surface area (Å²) >= 11 is 0. The first-order chi connectivity index (χ1) is 12.8. The third-order valence-corrected chi connectivity index (χ3v) is 4.26. The number of non-ortho nitro benzene ring substituents is 1. The van der Waals surface area contributed by atoms with Gasteiger partial charge in [0.2, 0.25) is 5.91 Å². The lowest BCUT2D eigenvalue weighted by Crippen LogP contribution is -2.43. The second-order valence-electron chi connectivity index (χ2n) is 6.50. The molecule has 8 heteroatoms. The Morgan fingerprint density at radius 3 is 2.59 bits per heavy atom. The minimum absolute atomic E-state index is 0.179. The predicted molar refractivity (Wildman–Crippen MR) is 100 cm³/mol. The normalized spacial score (nSPS) is 13.1. The van der Waals surface area contributed by atoms with Gasteiger partial charge in [0.1, 0.15) is 12.3 Å². The zero-order chi connectivity index (χ0) is 19.6. The molecule has 1 aliphatic heterocycles. The van der Waals surface area contributed by atoms with Crippen LogP contribution in [0.15, 0.2) is 42.5 Å². The van der Waals surface area contributed by atoms with E-state index in [-0.39, 0.29) is 24.5 Å². The Bertz CT molecular complexity index is 893. The Hall–Kier alpha value is -3.42. The molecule has 140 valence electrons. The van der Waals surface area contributed by atoms with E-state index in [1.807, 2.05) is 12.1 Å². The van der Waals surface area contributed by atoms with Crippen molar-refractivity contribution in [1.82, 2.24) is 0 Å². The number of benzene rings is 2. The Balaban J connectivity index is 1.76. The van der Waals surface area contributed by atoms with Crippen LogP contribution in [0.5, 0.6) is 5.75 Å². The first-order valence-electron chi connectivity index (χ1n) is 8.46. The molecule has 1 heterocycles. The van der Waals surface area contributed by atoms with E-state index < -0.39 is 16.7 Å². The van der Waals surface area contributed by atoms with E-state index in [0.717, 1.165) is 5.56 Å². The van der Waals surface area contributed by atoms with Gasteiger partial charge in [0.05, 0.1) is 10.6 Å².